The van der Waals surface area contributed by atoms with Crippen molar-refractivity contribution in [3.8, 4) is 17.3 Å². The zero-order valence-corrected chi connectivity index (χ0v) is 11.6. The lowest BCUT2D eigenvalue weighted by Crippen LogP contribution is -1.98. The third kappa shape index (κ3) is 1.95. The van der Waals surface area contributed by atoms with E-state index in [0.717, 1.165) is 11.2 Å². The highest BCUT2D eigenvalue weighted by Gasteiger charge is 2.14. The van der Waals surface area contributed by atoms with Gasteiger partial charge < -0.3 is 4.98 Å². The molecule has 0 radical (unpaired) electrons. The Balaban J connectivity index is 1.96. The van der Waals surface area contributed by atoms with Crippen molar-refractivity contribution in [2.75, 3.05) is 0 Å². The van der Waals surface area contributed by atoms with Crippen LogP contribution in [0.1, 0.15) is 0 Å². The molecule has 21 heavy (non-hydrogen) atoms. The normalized spacial score (nSPS) is 11.0. The molecule has 0 bridgehead atoms. The molecule has 0 fully saturated rings. The molecule has 0 amide bonds. The SMILES string of the molecule is S=c1[nH]nc(-c2nc3ncccc3[nH]2)n1-c1ccccc1. The van der Waals surface area contributed by atoms with E-state index in [4.69, 9.17) is 12.2 Å². The van der Waals surface area contributed by atoms with Gasteiger partial charge in [0, 0.05) is 6.20 Å². The molecule has 0 spiro atoms. The van der Waals surface area contributed by atoms with Gasteiger partial charge >= 0.3 is 0 Å². The number of pyridine rings is 1. The Morgan fingerprint density at radius 2 is 1.90 bits per heavy atom. The molecule has 102 valence electrons. The number of aromatic nitrogens is 6. The van der Waals surface area contributed by atoms with Crippen molar-refractivity contribution in [3.05, 3.63) is 53.4 Å². The molecule has 0 saturated heterocycles. The lowest BCUT2D eigenvalue weighted by molar-refractivity contribution is 1.03. The fraction of sp³-hybridized carbons (Fsp3) is 0. The maximum Gasteiger partial charge on any atom is 0.203 e. The number of rotatable bonds is 2. The van der Waals surface area contributed by atoms with Gasteiger partial charge in [-0.05, 0) is 36.5 Å². The predicted molar refractivity (Wildman–Crippen MR) is 81.6 cm³/mol. The Morgan fingerprint density at radius 3 is 2.71 bits per heavy atom. The van der Waals surface area contributed by atoms with Gasteiger partial charge in [0.2, 0.25) is 5.82 Å². The summed E-state index contributed by atoms with van der Waals surface area (Å²) in [7, 11) is 0. The van der Waals surface area contributed by atoms with Crippen molar-refractivity contribution >= 4 is 23.4 Å². The number of hydrogen-bond donors (Lipinski definition) is 2. The number of H-pyrrole nitrogens is 2. The van der Waals surface area contributed by atoms with Crippen molar-refractivity contribution in [1.29, 1.82) is 0 Å². The fourth-order valence-electron chi connectivity index (χ4n) is 2.22. The molecular weight excluding hydrogens is 284 g/mol. The quantitative estimate of drug-likeness (QED) is 0.557. The minimum absolute atomic E-state index is 0.518. The van der Waals surface area contributed by atoms with Crippen molar-refractivity contribution in [3.63, 3.8) is 0 Å². The van der Waals surface area contributed by atoms with E-state index in [0.29, 0.717) is 22.1 Å². The second-order valence-corrected chi connectivity index (χ2v) is 4.87. The average Bonchev–Trinajstić information content (AvgIpc) is 3.11. The number of para-hydroxylation sites is 1. The molecule has 0 atom stereocenters. The Hall–Kier alpha value is -2.80. The summed E-state index contributed by atoms with van der Waals surface area (Å²) in [6.07, 6.45) is 1.71. The third-order valence-electron chi connectivity index (χ3n) is 3.16. The summed E-state index contributed by atoms with van der Waals surface area (Å²) in [4.78, 5) is 11.9. The predicted octanol–water partition coefficient (Wildman–Crippen LogP) is 2.87. The lowest BCUT2D eigenvalue weighted by Gasteiger charge is -2.04. The summed E-state index contributed by atoms with van der Waals surface area (Å²) in [6, 6.07) is 13.6. The van der Waals surface area contributed by atoms with Crippen LogP contribution in [0.3, 0.4) is 0 Å². The number of nitrogens with zero attached hydrogens (tertiary/aromatic N) is 4. The number of aromatic amines is 2. The molecule has 2 N–H and O–H groups in total. The highest BCUT2D eigenvalue weighted by atomic mass is 32.1. The van der Waals surface area contributed by atoms with Crippen molar-refractivity contribution in [1.82, 2.24) is 29.7 Å². The van der Waals surface area contributed by atoms with E-state index in [1.54, 1.807) is 6.20 Å². The summed E-state index contributed by atoms with van der Waals surface area (Å²) in [5.41, 5.74) is 2.45. The Labute approximate surface area is 124 Å². The Morgan fingerprint density at radius 1 is 1.05 bits per heavy atom. The number of hydrogen-bond acceptors (Lipinski definition) is 4. The zero-order chi connectivity index (χ0) is 14.2. The van der Waals surface area contributed by atoms with Crippen LogP contribution in [0, 0.1) is 4.77 Å². The highest BCUT2D eigenvalue weighted by molar-refractivity contribution is 7.71. The molecule has 3 heterocycles. The summed E-state index contributed by atoms with van der Waals surface area (Å²) < 4.78 is 2.36. The van der Waals surface area contributed by atoms with Crippen LogP contribution in [0.2, 0.25) is 0 Å². The van der Waals surface area contributed by atoms with E-state index in [1.807, 2.05) is 47.0 Å². The number of imidazole rings is 1. The Kier molecular flexibility index (Phi) is 2.65. The number of nitrogens with one attached hydrogen (secondary N) is 2. The van der Waals surface area contributed by atoms with E-state index >= 15 is 0 Å². The number of fused-ring (bicyclic) bond motifs is 1. The maximum atomic E-state index is 5.32. The van der Waals surface area contributed by atoms with Crippen LogP contribution in [0.15, 0.2) is 48.7 Å². The molecule has 4 rings (SSSR count). The summed E-state index contributed by atoms with van der Waals surface area (Å²) in [5, 5.41) is 7.10. The topological polar surface area (TPSA) is 75.2 Å². The van der Waals surface area contributed by atoms with Crippen LogP contribution in [0.5, 0.6) is 0 Å². The van der Waals surface area contributed by atoms with Crippen LogP contribution in [-0.4, -0.2) is 29.7 Å². The average molecular weight is 294 g/mol. The monoisotopic (exact) mass is 294 g/mol. The largest absolute Gasteiger partial charge is 0.334 e. The van der Waals surface area contributed by atoms with Gasteiger partial charge in [0.15, 0.2) is 16.2 Å². The van der Waals surface area contributed by atoms with Crippen molar-refractivity contribution < 1.29 is 0 Å². The Bertz CT molecular complexity index is 933. The standard InChI is InChI=1S/C14H10N6S/c21-14-19-18-13(20(14)9-5-2-1-3-6-9)12-16-10-7-4-8-15-11(10)17-12/h1-8H,(H,19,21)(H,15,16,17). The van der Waals surface area contributed by atoms with E-state index in [-0.39, 0.29) is 0 Å². The van der Waals surface area contributed by atoms with Gasteiger partial charge in [0.05, 0.1) is 11.2 Å². The molecule has 1 aromatic carbocycles. The van der Waals surface area contributed by atoms with Gasteiger partial charge in [0.1, 0.15) is 0 Å². The molecule has 0 aliphatic rings. The first-order valence-electron chi connectivity index (χ1n) is 6.37. The lowest BCUT2D eigenvalue weighted by atomic mass is 10.3. The summed E-state index contributed by atoms with van der Waals surface area (Å²) in [5.74, 6) is 1.25. The van der Waals surface area contributed by atoms with E-state index in [9.17, 15) is 0 Å². The smallest absolute Gasteiger partial charge is 0.203 e. The van der Waals surface area contributed by atoms with Crippen LogP contribution < -0.4 is 0 Å². The van der Waals surface area contributed by atoms with Gasteiger partial charge in [-0.2, -0.15) is 5.10 Å². The minimum atomic E-state index is 0.518. The van der Waals surface area contributed by atoms with Crippen LogP contribution in [0.25, 0.3) is 28.5 Å². The first-order valence-corrected chi connectivity index (χ1v) is 6.78. The van der Waals surface area contributed by atoms with Crippen molar-refractivity contribution in [2.45, 2.75) is 0 Å². The molecular formula is C14H10N6S. The summed E-state index contributed by atoms with van der Waals surface area (Å²) >= 11 is 5.32. The molecule has 3 aromatic heterocycles. The van der Waals surface area contributed by atoms with Gasteiger partial charge in [-0.15, -0.1) is 0 Å². The zero-order valence-electron chi connectivity index (χ0n) is 10.8. The third-order valence-corrected chi connectivity index (χ3v) is 3.43. The van der Waals surface area contributed by atoms with Gasteiger partial charge in [-0.1, -0.05) is 18.2 Å². The summed E-state index contributed by atoms with van der Waals surface area (Å²) in [6.45, 7) is 0. The molecule has 0 aliphatic heterocycles. The van der Waals surface area contributed by atoms with Gasteiger partial charge in [0.25, 0.3) is 0 Å². The highest BCUT2D eigenvalue weighted by Crippen LogP contribution is 2.20. The van der Waals surface area contributed by atoms with E-state index in [1.165, 1.54) is 0 Å². The van der Waals surface area contributed by atoms with Gasteiger partial charge in [-0.25, -0.2) is 9.97 Å². The van der Waals surface area contributed by atoms with Crippen molar-refractivity contribution in [2.24, 2.45) is 0 Å². The minimum Gasteiger partial charge on any atom is -0.334 e. The maximum absolute atomic E-state index is 5.32. The first-order chi connectivity index (χ1) is 10.3. The molecule has 4 aromatic rings. The molecule has 0 saturated carbocycles. The molecule has 0 aliphatic carbocycles. The fourth-order valence-corrected chi connectivity index (χ4v) is 2.46. The van der Waals surface area contributed by atoms with Crippen LogP contribution in [0.4, 0.5) is 0 Å². The van der Waals surface area contributed by atoms with Crippen LogP contribution >= 0.6 is 12.2 Å². The van der Waals surface area contributed by atoms with E-state index in [2.05, 4.69) is 25.1 Å². The first kappa shape index (κ1) is 12.0. The second kappa shape index (κ2) is 4.64. The number of benzene rings is 1. The van der Waals surface area contributed by atoms with Crippen LogP contribution in [-0.2, 0) is 0 Å². The van der Waals surface area contributed by atoms with E-state index < -0.39 is 0 Å². The molecule has 6 nitrogen and oxygen atoms in total. The molecule has 7 heteroatoms. The van der Waals surface area contributed by atoms with Gasteiger partial charge in [-0.3, -0.25) is 9.67 Å². The second-order valence-electron chi connectivity index (χ2n) is 4.48. The molecule has 0 unspecified atom stereocenters.